The standard InChI is InChI=1S/C11H11N3O2S/c1-16-11(15)8-9(12)13-14-10(8)17-7-5-3-2-4-6-7/h2-6H,1H3,(H3,12,13,14). The highest BCUT2D eigenvalue weighted by Gasteiger charge is 2.20. The lowest BCUT2D eigenvalue weighted by atomic mass is 10.3. The third-order valence-electron chi connectivity index (χ3n) is 2.11. The molecule has 5 nitrogen and oxygen atoms in total. The van der Waals surface area contributed by atoms with Crippen LogP contribution < -0.4 is 5.73 Å². The normalized spacial score (nSPS) is 10.2. The van der Waals surface area contributed by atoms with Crippen molar-refractivity contribution in [3.63, 3.8) is 0 Å². The number of hydrogen-bond donors (Lipinski definition) is 2. The van der Waals surface area contributed by atoms with Crippen LogP contribution in [0.2, 0.25) is 0 Å². The first kappa shape index (κ1) is 11.5. The van der Waals surface area contributed by atoms with Gasteiger partial charge in [0.1, 0.15) is 16.4 Å². The number of ether oxygens (including phenoxy) is 1. The summed E-state index contributed by atoms with van der Waals surface area (Å²) in [4.78, 5) is 12.5. The lowest BCUT2D eigenvalue weighted by molar-refractivity contribution is 0.0598. The molecule has 3 N–H and O–H groups in total. The maximum Gasteiger partial charge on any atom is 0.344 e. The Bertz CT molecular complexity index is 525. The number of nitrogens with two attached hydrogens (primary N) is 1. The minimum atomic E-state index is -0.491. The lowest BCUT2D eigenvalue weighted by Gasteiger charge is -2.01. The molecule has 1 heterocycles. The molecular formula is C11H11N3O2S. The quantitative estimate of drug-likeness (QED) is 0.812. The monoisotopic (exact) mass is 249 g/mol. The van der Waals surface area contributed by atoms with Gasteiger partial charge in [0.15, 0.2) is 0 Å². The number of nitrogen functional groups attached to an aromatic ring is 1. The highest BCUT2D eigenvalue weighted by atomic mass is 32.2. The van der Waals surface area contributed by atoms with E-state index in [2.05, 4.69) is 14.9 Å². The van der Waals surface area contributed by atoms with E-state index in [0.29, 0.717) is 5.03 Å². The molecule has 0 spiro atoms. The number of rotatable bonds is 3. The minimum absolute atomic E-state index is 0.218. The van der Waals surface area contributed by atoms with E-state index in [0.717, 1.165) is 4.90 Å². The summed E-state index contributed by atoms with van der Waals surface area (Å²) in [6, 6.07) is 9.60. The average molecular weight is 249 g/mol. The molecule has 0 radical (unpaired) electrons. The van der Waals surface area contributed by atoms with Crippen molar-refractivity contribution < 1.29 is 9.53 Å². The summed E-state index contributed by atoms with van der Waals surface area (Å²) >= 11 is 1.36. The maximum absolute atomic E-state index is 11.5. The van der Waals surface area contributed by atoms with Gasteiger partial charge >= 0.3 is 5.97 Å². The van der Waals surface area contributed by atoms with Gasteiger partial charge in [0, 0.05) is 4.90 Å². The summed E-state index contributed by atoms with van der Waals surface area (Å²) in [5, 5.41) is 7.09. The van der Waals surface area contributed by atoms with Crippen molar-refractivity contribution in [2.75, 3.05) is 12.8 Å². The molecule has 88 valence electrons. The van der Waals surface area contributed by atoms with Crippen molar-refractivity contribution in [1.82, 2.24) is 10.2 Å². The third kappa shape index (κ3) is 2.42. The zero-order chi connectivity index (χ0) is 12.3. The van der Waals surface area contributed by atoms with Crippen LogP contribution in [0.15, 0.2) is 40.3 Å². The highest BCUT2D eigenvalue weighted by molar-refractivity contribution is 7.99. The molecule has 0 bridgehead atoms. The van der Waals surface area contributed by atoms with E-state index < -0.39 is 5.97 Å². The summed E-state index contributed by atoms with van der Waals surface area (Å²) in [6.07, 6.45) is 0. The van der Waals surface area contributed by atoms with Crippen molar-refractivity contribution in [3.8, 4) is 0 Å². The molecule has 0 atom stereocenters. The molecule has 0 saturated carbocycles. The van der Waals surface area contributed by atoms with Crippen molar-refractivity contribution in [1.29, 1.82) is 0 Å². The van der Waals surface area contributed by atoms with Crippen LogP contribution in [0.3, 0.4) is 0 Å². The fourth-order valence-electron chi connectivity index (χ4n) is 1.31. The second-order valence-corrected chi connectivity index (χ2v) is 4.29. The van der Waals surface area contributed by atoms with E-state index in [1.165, 1.54) is 18.9 Å². The van der Waals surface area contributed by atoms with Crippen LogP contribution >= 0.6 is 11.8 Å². The van der Waals surface area contributed by atoms with Crippen LogP contribution in [0.25, 0.3) is 0 Å². The van der Waals surface area contributed by atoms with E-state index >= 15 is 0 Å². The number of nitrogens with zero attached hydrogens (tertiary/aromatic N) is 1. The molecule has 0 aliphatic carbocycles. The molecule has 0 unspecified atom stereocenters. The van der Waals surface area contributed by atoms with Gasteiger partial charge in [-0.3, -0.25) is 5.10 Å². The fourth-order valence-corrected chi connectivity index (χ4v) is 2.21. The molecule has 17 heavy (non-hydrogen) atoms. The highest BCUT2D eigenvalue weighted by Crippen LogP contribution is 2.31. The van der Waals surface area contributed by atoms with Crippen LogP contribution in [0.1, 0.15) is 10.4 Å². The van der Waals surface area contributed by atoms with Crippen LogP contribution in [-0.2, 0) is 4.74 Å². The van der Waals surface area contributed by atoms with Gasteiger partial charge in [0.2, 0.25) is 0 Å². The Morgan fingerprint density at radius 3 is 2.76 bits per heavy atom. The summed E-state index contributed by atoms with van der Waals surface area (Å²) in [7, 11) is 1.31. The topological polar surface area (TPSA) is 81.0 Å². The number of esters is 1. The van der Waals surface area contributed by atoms with Crippen molar-refractivity contribution in [3.05, 3.63) is 35.9 Å². The molecule has 0 saturated heterocycles. The maximum atomic E-state index is 11.5. The zero-order valence-corrected chi connectivity index (χ0v) is 9.95. The van der Waals surface area contributed by atoms with E-state index in [9.17, 15) is 4.79 Å². The summed E-state index contributed by atoms with van der Waals surface area (Å²) < 4.78 is 4.66. The molecule has 0 aliphatic heterocycles. The smallest absolute Gasteiger partial charge is 0.344 e. The Hall–Kier alpha value is -1.95. The van der Waals surface area contributed by atoms with Crippen LogP contribution in [0.4, 0.5) is 5.82 Å². The first-order valence-electron chi connectivity index (χ1n) is 4.87. The SMILES string of the molecule is COC(=O)c1c(Sc2ccccc2)n[nH]c1N. The largest absolute Gasteiger partial charge is 0.465 e. The summed E-state index contributed by atoms with van der Waals surface area (Å²) in [6.45, 7) is 0. The average Bonchev–Trinajstić information content (AvgIpc) is 2.71. The number of aromatic amines is 1. The molecule has 2 rings (SSSR count). The Kier molecular flexibility index (Phi) is 3.34. The molecule has 1 aromatic carbocycles. The predicted molar refractivity (Wildman–Crippen MR) is 64.9 cm³/mol. The Labute approximate surface area is 102 Å². The third-order valence-corrected chi connectivity index (χ3v) is 3.10. The second-order valence-electron chi connectivity index (χ2n) is 3.22. The predicted octanol–water partition coefficient (Wildman–Crippen LogP) is 1.93. The molecule has 6 heteroatoms. The van der Waals surface area contributed by atoms with Crippen molar-refractivity contribution in [2.24, 2.45) is 0 Å². The van der Waals surface area contributed by atoms with Gasteiger partial charge in [0.25, 0.3) is 0 Å². The molecule has 2 aromatic rings. The molecule has 0 aliphatic rings. The van der Waals surface area contributed by atoms with Gasteiger partial charge in [-0.25, -0.2) is 4.79 Å². The number of benzene rings is 1. The molecule has 1 aromatic heterocycles. The van der Waals surface area contributed by atoms with Gasteiger partial charge in [-0.1, -0.05) is 30.0 Å². The molecule has 0 fully saturated rings. The Morgan fingerprint density at radius 1 is 1.41 bits per heavy atom. The van der Waals surface area contributed by atoms with Crippen LogP contribution in [0, 0.1) is 0 Å². The number of anilines is 1. The number of hydrogen-bond acceptors (Lipinski definition) is 5. The van der Waals surface area contributed by atoms with Crippen molar-refractivity contribution >= 4 is 23.5 Å². The summed E-state index contributed by atoms with van der Waals surface area (Å²) in [5.74, 6) is -0.273. The van der Waals surface area contributed by atoms with Gasteiger partial charge in [-0.05, 0) is 12.1 Å². The first-order valence-corrected chi connectivity index (χ1v) is 5.69. The van der Waals surface area contributed by atoms with Gasteiger partial charge < -0.3 is 10.5 Å². The number of carbonyl (C=O) groups is 1. The minimum Gasteiger partial charge on any atom is -0.465 e. The number of nitrogens with one attached hydrogen (secondary N) is 1. The van der Waals surface area contributed by atoms with Gasteiger partial charge in [0.05, 0.1) is 7.11 Å². The second kappa shape index (κ2) is 4.92. The van der Waals surface area contributed by atoms with E-state index in [1.807, 2.05) is 30.3 Å². The number of carbonyl (C=O) groups excluding carboxylic acids is 1. The number of aromatic nitrogens is 2. The fraction of sp³-hybridized carbons (Fsp3) is 0.0909. The molecular weight excluding hydrogens is 238 g/mol. The molecule has 0 amide bonds. The number of methoxy groups -OCH3 is 1. The van der Waals surface area contributed by atoms with Crippen LogP contribution in [0.5, 0.6) is 0 Å². The number of H-pyrrole nitrogens is 1. The lowest BCUT2D eigenvalue weighted by Crippen LogP contribution is -2.04. The Balaban J connectivity index is 2.31. The summed E-state index contributed by atoms with van der Waals surface area (Å²) in [5.41, 5.74) is 5.92. The zero-order valence-electron chi connectivity index (χ0n) is 9.14. The van der Waals surface area contributed by atoms with Crippen molar-refractivity contribution in [2.45, 2.75) is 9.92 Å². The van der Waals surface area contributed by atoms with Crippen LogP contribution in [-0.4, -0.2) is 23.3 Å². The van der Waals surface area contributed by atoms with E-state index in [1.54, 1.807) is 0 Å². The first-order chi connectivity index (χ1) is 8.22. The van der Waals surface area contributed by atoms with Gasteiger partial charge in [-0.15, -0.1) is 0 Å². The van der Waals surface area contributed by atoms with E-state index in [-0.39, 0.29) is 11.4 Å². The van der Waals surface area contributed by atoms with Gasteiger partial charge in [-0.2, -0.15) is 5.10 Å². The Morgan fingerprint density at radius 2 is 2.12 bits per heavy atom. The van der Waals surface area contributed by atoms with E-state index in [4.69, 9.17) is 5.73 Å².